The molecule has 1 unspecified atom stereocenters. The Hall–Kier alpha value is -1.78. The lowest BCUT2D eigenvalue weighted by molar-refractivity contribution is -0.124. The number of hydrogen-bond donors (Lipinski definition) is 2. The van der Waals surface area contributed by atoms with E-state index in [0.717, 1.165) is 24.8 Å². The van der Waals surface area contributed by atoms with Crippen LogP contribution >= 0.6 is 11.8 Å². The molecule has 0 bridgehead atoms. The van der Waals surface area contributed by atoms with Gasteiger partial charge in [0.2, 0.25) is 5.91 Å². The molecule has 0 heterocycles. The lowest BCUT2D eigenvalue weighted by Crippen LogP contribution is -2.28. The first-order valence-corrected chi connectivity index (χ1v) is 15.3. The molecule has 1 aromatic rings. The maximum atomic E-state index is 12.2. The van der Waals surface area contributed by atoms with Crippen molar-refractivity contribution >= 4 is 22.6 Å². The molecule has 1 saturated carbocycles. The number of rotatable bonds is 12. The highest BCUT2D eigenvalue weighted by molar-refractivity contribution is 8.10. The van der Waals surface area contributed by atoms with E-state index in [1.807, 2.05) is 12.3 Å². The molecule has 3 N–H and O–H groups in total. The standard InChI is InChI=1S/C23H35NOS.C10H18.CH5N/c1-7-18(5)22(26-8-2)21-14-12-20(13-15-21)16-24-23(25)19(6)11-9-10-17(3)4;1-8(9-5-6-9)7-10(2,3)4;1-2/h8,12-15,17,19H,2,7,9-11,16H2,1,3-6H3,(H,24,25);5-7H2,1-4H3;2H2,1H3/b22-18-;;. The normalized spacial score (nSPS) is 13.8. The van der Waals surface area contributed by atoms with E-state index < -0.39 is 0 Å². The monoisotopic (exact) mass is 542 g/mol. The zero-order valence-electron chi connectivity index (χ0n) is 26.3. The quantitative estimate of drug-likeness (QED) is 0.258. The number of carbonyl (C=O) groups is 1. The third-order valence-electron chi connectivity index (χ3n) is 6.57. The van der Waals surface area contributed by atoms with E-state index in [1.165, 1.54) is 48.8 Å². The van der Waals surface area contributed by atoms with Crippen LogP contribution in [0.3, 0.4) is 0 Å². The number of nitrogens with one attached hydrogen (secondary N) is 1. The first kappa shape index (κ1) is 36.2. The molecule has 1 aromatic carbocycles. The summed E-state index contributed by atoms with van der Waals surface area (Å²) in [5.41, 5.74) is 12.1. The minimum Gasteiger partial charge on any atom is -0.352 e. The Morgan fingerprint density at radius 3 is 2.11 bits per heavy atom. The first-order valence-electron chi connectivity index (χ1n) is 14.5. The summed E-state index contributed by atoms with van der Waals surface area (Å²) in [4.78, 5) is 13.5. The van der Waals surface area contributed by atoms with Crippen LogP contribution in [0.5, 0.6) is 0 Å². The van der Waals surface area contributed by atoms with E-state index in [2.05, 4.69) is 97.3 Å². The SMILES string of the molecule is C=CS/C(=C(/C)CC)c1ccc(CNC(=O)C(C)CCCC(C)C)cc1.CC(CC(C)(C)C)=C1CC1.CN. The Bertz CT molecular complexity index is 882. The molecule has 0 radical (unpaired) electrons. The van der Waals surface area contributed by atoms with Gasteiger partial charge >= 0.3 is 0 Å². The highest BCUT2D eigenvalue weighted by atomic mass is 32.2. The number of thioether (sulfide) groups is 1. The molecule has 1 aliphatic carbocycles. The van der Waals surface area contributed by atoms with Crippen LogP contribution in [0, 0.1) is 17.3 Å². The Balaban J connectivity index is 0.000000944. The van der Waals surface area contributed by atoms with Crippen LogP contribution < -0.4 is 11.1 Å². The summed E-state index contributed by atoms with van der Waals surface area (Å²) in [6.07, 6.45) is 8.34. The molecule has 0 saturated heterocycles. The van der Waals surface area contributed by atoms with Gasteiger partial charge in [-0.2, -0.15) is 0 Å². The molecule has 0 aliphatic heterocycles. The predicted molar refractivity (Wildman–Crippen MR) is 173 cm³/mol. The van der Waals surface area contributed by atoms with Crippen molar-refractivity contribution in [2.24, 2.45) is 23.0 Å². The molecule has 2 rings (SSSR count). The number of carbonyl (C=O) groups excluding carboxylic acids is 1. The number of allylic oxidation sites excluding steroid dienone is 3. The van der Waals surface area contributed by atoms with Gasteiger partial charge in [-0.1, -0.05) is 121 Å². The van der Waals surface area contributed by atoms with Gasteiger partial charge in [0.1, 0.15) is 0 Å². The highest BCUT2D eigenvalue weighted by Crippen LogP contribution is 2.36. The van der Waals surface area contributed by atoms with Crippen LogP contribution in [0.1, 0.15) is 118 Å². The van der Waals surface area contributed by atoms with E-state index in [0.29, 0.717) is 17.9 Å². The van der Waals surface area contributed by atoms with E-state index in [9.17, 15) is 4.79 Å². The van der Waals surface area contributed by atoms with Crippen molar-refractivity contribution in [1.29, 1.82) is 0 Å². The van der Waals surface area contributed by atoms with Gasteiger partial charge in [-0.25, -0.2) is 0 Å². The average molecular weight is 543 g/mol. The molecule has 1 atom stereocenters. The third kappa shape index (κ3) is 16.2. The summed E-state index contributed by atoms with van der Waals surface area (Å²) in [7, 11) is 1.50. The van der Waals surface area contributed by atoms with Gasteiger partial charge in [0.15, 0.2) is 0 Å². The van der Waals surface area contributed by atoms with Gasteiger partial charge < -0.3 is 11.1 Å². The smallest absolute Gasteiger partial charge is 0.223 e. The van der Waals surface area contributed by atoms with Crippen molar-refractivity contribution < 1.29 is 4.79 Å². The topological polar surface area (TPSA) is 55.1 Å². The minimum absolute atomic E-state index is 0.0822. The van der Waals surface area contributed by atoms with E-state index in [1.54, 1.807) is 22.9 Å². The summed E-state index contributed by atoms with van der Waals surface area (Å²) in [5, 5.41) is 4.95. The van der Waals surface area contributed by atoms with Crippen LogP contribution in [0.4, 0.5) is 0 Å². The number of benzene rings is 1. The Morgan fingerprint density at radius 2 is 1.66 bits per heavy atom. The van der Waals surface area contributed by atoms with Crippen molar-refractivity contribution in [2.45, 2.75) is 114 Å². The molecular formula is C34H58N2OS. The largest absolute Gasteiger partial charge is 0.352 e. The van der Waals surface area contributed by atoms with Crippen LogP contribution in [0.2, 0.25) is 0 Å². The summed E-state index contributed by atoms with van der Waals surface area (Å²) >= 11 is 1.67. The van der Waals surface area contributed by atoms with Crippen molar-refractivity contribution in [3.63, 3.8) is 0 Å². The lowest BCUT2D eigenvalue weighted by Gasteiger charge is -2.18. The molecule has 1 fully saturated rings. The molecule has 0 spiro atoms. The van der Waals surface area contributed by atoms with Crippen LogP contribution in [0.25, 0.3) is 4.91 Å². The molecule has 216 valence electrons. The zero-order chi connectivity index (χ0) is 29.3. The fraction of sp³-hybridized carbons (Fsp3) is 0.618. The first-order chi connectivity index (χ1) is 17.9. The third-order valence-corrected chi connectivity index (χ3v) is 7.55. The summed E-state index contributed by atoms with van der Waals surface area (Å²) in [6, 6.07) is 8.48. The van der Waals surface area contributed by atoms with Crippen LogP contribution in [-0.4, -0.2) is 13.0 Å². The Morgan fingerprint density at radius 1 is 1.08 bits per heavy atom. The fourth-order valence-corrected chi connectivity index (χ4v) is 4.95. The van der Waals surface area contributed by atoms with Crippen molar-refractivity contribution in [3.8, 4) is 0 Å². The maximum Gasteiger partial charge on any atom is 0.223 e. The van der Waals surface area contributed by atoms with Gasteiger partial charge in [-0.05, 0) is 80.9 Å². The summed E-state index contributed by atoms with van der Waals surface area (Å²) in [6.45, 7) is 24.4. The Kier molecular flexibility index (Phi) is 18.4. The second kappa shape index (κ2) is 19.3. The van der Waals surface area contributed by atoms with E-state index >= 15 is 0 Å². The number of nitrogens with two attached hydrogens (primary N) is 1. The molecule has 38 heavy (non-hydrogen) atoms. The summed E-state index contributed by atoms with van der Waals surface area (Å²) in [5.74, 6) is 0.944. The molecule has 3 nitrogen and oxygen atoms in total. The van der Waals surface area contributed by atoms with Crippen molar-refractivity contribution in [1.82, 2.24) is 5.32 Å². The lowest BCUT2D eigenvalue weighted by atomic mass is 9.88. The van der Waals surface area contributed by atoms with Crippen LogP contribution in [0.15, 0.2) is 53.0 Å². The number of hydrogen-bond acceptors (Lipinski definition) is 3. The second-order valence-electron chi connectivity index (χ2n) is 12.0. The highest BCUT2D eigenvalue weighted by Gasteiger charge is 2.19. The molecule has 4 heteroatoms. The molecule has 0 aromatic heterocycles. The van der Waals surface area contributed by atoms with Crippen LogP contribution in [-0.2, 0) is 11.3 Å². The fourth-order valence-electron chi connectivity index (χ4n) is 4.17. The minimum atomic E-state index is 0.0822. The van der Waals surface area contributed by atoms with Gasteiger partial charge in [0.25, 0.3) is 0 Å². The maximum absolute atomic E-state index is 12.2. The molecule has 1 aliphatic rings. The van der Waals surface area contributed by atoms with Gasteiger partial charge in [0.05, 0.1) is 0 Å². The van der Waals surface area contributed by atoms with E-state index in [4.69, 9.17) is 0 Å². The van der Waals surface area contributed by atoms with E-state index in [-0.39, 0.29) is 11.8 Å². The summed E-state index contributed by atoms with van der Waals surface area (Å²) < 4.78 is 0. The zero-order valence-corrected chi connectivity index (χ0v) is 27.1. The van der Waals surface area contributed by atoms with Gasteiger partial charge in [0, 0.05) is 17.4 Å². The average Bonchev–Trinajstić information content (AvgIpc) is 3.72. The van der Waals surface area contributed by atoms with Crippen molar-refractivity contribution in [3.05, 3.63) is 64.1 Å². The number of amides is 1. The van der Waals surface area contributed by atoms with Crippen molar-refractivity contribution in [2.75, 3.05) is 7.05 Å². The Labute approximate surface area is 240 Å². The second-order valence-corrected chi connectivity index (χ2v) is 13.0. The predicted octanol–water partition coefficient (Wildman–Crippen LogP) is 9.89. The molecular weight excluding hydrogens is 484 g/mol. The van der Waals surface area contributed by atoms with Gasteiger partial charge in [-0.15, -0.1) is 0 Å². The molecule has 1 amide bonds. The van der Waals surface area contributed by atoms with Gasteiger partial charge in [-0.3, -0.25) is 4.79 Å².